The largest absolute Gasteiger partial charge is 0.486 e. The lowest BCUT2D eigenvalue weighted by Crippen LogP contribution is -2.52. The highest BCUT2D eigenvalue weighted by Crippen LogP contribution is 2.36. The number of nitrogens with zero attached hydrogens (tertiary/aromatic N) is 5. The number of morpholine rings is 1. The van der Waals surface area contributed by atoms with Gasteiger partial charge >= 0.3 is 0 Å². The first-order valence-corrected chi connectivity index (χ1v) is 15.6. The summed E-state index contributed by atoms with van der Waals surface area (Å²) in [6.07, 6.45) is 1.08. The Morgan fingerprint density at radius 3 is 2.70 bits per heavy atom. The van der Waals surface area contributed by atoms with Gasteiger partial charge in [-0.25, -0.2) is 0 Å². The van der Waals surface area contributed by atoms with Gasteiger partial charge in [0.25, 0.3) is 6.01 Å². The average Bonchev–Trinajstić information content (AvgIpc) is 3.44. The van der Waals surface area contributed by atoms with Crippen LogP contribution in [0.5, 0.6) is 11.8 Å². The third-order valence-electron chi connectivity index (χ3n) is 7.70. The average molecular weight is 685 g/mol. The summed E-state index contributed by atoms with van der Waals surface area (Å²) in [5.74, 6) is -0.503. The van der Waals surface area contributed by atoms with Gasteiger partial charge in [-0.2, -0.15) is 4.98 Å². The molecule has 0 spiro atoms. The van der Waals surface area contributed by atoms with Crippen molar-refractivity contribution in [3.63, 3.8) is 0 Å². The zero-order chi connectivity index (χ0) is 33.5. The van der Waals surface area contributed by atoms with Crippen molar-refractivity contribution in [2.75, 3.05) is 58.9 Å². The van der Waals surface area contributed by atoms with Crippen molar-refractivity contribution in [2.24, 2.45) is 0 Å². The van der Waals surface area contributed by atoms with E-state index in [1.807, 2.05) is 34.9 Å². The van der Waals surface area contributed by atoms with Crippen LogP contribution >= 0.6 is 23.2 Å². The molecular formula is C32H35Cl2N7O6. The molecule has 15 heteroatoms. The number of likely N-dealkylation sites (N-methyl/N-ethyl adjacent to an activating group) is 2. The van der Waals surface area contributed by atoms with E-state index < -0.39 is 12.0 Å². The summed E-state index contributed by atoms with van der Waals surface area (Å²) in [7, 11) is 4.65. The smallest absolute Gasteiger partial charge is 0.297 e. The molecule has 4 aromatic rings. The highest BCUT2D eigenvalue weighted by molar-refractivity contribution is 6.38. The predicted octanol–water partition coefficient (Wildman–Crippen LogP) is 2.90. The summed E-state index contributed by atoms with van der Waals surface area (Å²) in [6, 6.07) is 14.9. The van der Waals surface area contributed by atoms with Crippen molar-refractivity contribution in [3.05, 3.63) is 76.0 Å². The van der Waals surface area contributed by atoms with E-state index in [0.29, 0.717) is 53.2 Å². The lowest BCUT2D eigenvalue weighted by Gasteiger charge is -2.31. The second-order valence-corrected chi connectivity index (χ2v) is 11.5. The lowest BCUT2D eigenvalue weighted by atomic mass is 10.2. The number of fused-ring (bicyclic) bond motifs is 1. The molecule has 0 saturated carbocycles. The van der Waals surface area contributed by atoms with Crippen LogP contribution in [0.1, 0.15) is 11.3 Å². The summed E-state index contributed by atoms with van der Waals surface area (Å²) in [5.41, 5.74) is 3.11. The Morgan fingerprint density at radius 1 is 1.13 bits per heavy atom. The van der Waals surface area contributed by atoms with E-state index >= 15 is 0 Å². The number of benzene rings is 2. The number of ether oxygens (including phenoxy) is 3. The monoisotopic (exact) mass is 683 g/mol. The molecule has 3 heterocycles. The standard InChI is InChI=1S/C32H35Cl2N7O6/c1-35-31(44)26-17-40(13-14-46-26)18-27(42)37-15-28(43)39(2)23-11-10-22(33)21(29(23)34)19-47-25-9-6-8-24-30(25)38-32(45-3)41(24)16-20-7-4-5-12-36-20/h4-12,26H,13-19H2,1-3H3,(H,35,44)(H,37,42)/t26-/m0/s1. The number of hydrogen-bond acceptors (Lipinski definition) is 9. The van der Waals surface area contributed by atoms with Gasteiger partial charge in [0.2, 0.25) is 17.7 Å². The summed E-state index contributed by atoms with van der Waals surface area (Å²) >= 11 is 13.3. The van der Waals surface area contributed by atoms with Gasteiger partial charge in [-0.3, -0.25) is 28.8 Å². The van der Waals surface area contributed by atoms with Crippen LogP contribution in [-0.4, -0.2) is 97.3 Å². The van der Waals surface area contributed by atoms with Crippen LogP contribution in [0.4, 0.5) is 5.69 Å². The molecule has 1 aliphatic rings. The van der Waals surface area contributed by atoms with Gasteiger partial charge in [-0.1, -0.05) is 35.3 Å². The van der Waals surface area contributed by atoms with Gasteiger partial charge in [-0.15, -0.1) is 0 Å². The number of amides is 3. The second kappa shape index (κ2) is 15.4. The fourth-order valence-electron chi connectivity index (χ4n) is 5.16. The zero-order valence-corrected chi connectivity index (χ0v) is 27.7. The Morgan fingerprint density at radius 2 is 1.96 bits per heavy atom. The fraction of sp³-hybridized carbons (Fsp3) is 0.344. The minimum atomic E-state index is -0.648. The minimum Gasteiger partial charge on any atom is -0.486 e. The molecule has 13 nitrogen and oxygen atoms in total. The summed E-state index contributed by atoms with van der Waals surface area (Å²) in [5, 5.41) is 5.78. The Hall–Kier alpha value is -4.43. The number of para-hydroxylation sites is 1. The highest BCUT2D eigenvalue weighted by atomic mass is 35.5. The van der Waals surface area contributed by atoms with Crippen LogP contribution in [0.15, 0.2) is 54.7 Å². The van der Waals surface area contributed by atoms with Crippen LogP contribution in [0, 0.1) is 0 Å². The van der Waals surface area contributed by atoms with Crippen LogP contribution in [0.3, 0.4) is 0 Å². The fourth-order valence-corrected chi connectivity index (χ4v) is 5.76. The first kappa shape index (κ1) is 33.9. The van der Waals surface area contributed by atoms with E-state index in [9.17, 15) is 14.4 Å². The van der Waals surface area contributed by atoms with E-state index in [-0.39, 0.29) is 43.1 Å². The van der Waals surface area contributed by atoms with E-state index in [1.165, 1.54) is 11.9 Å². The van der Waals surface area contributed by atoms with E-state index in [2.05, 4.69) is 20.6 Å². The van der Waals surface area contributed by atoms with Gasteiger partial charge in [0.05, 0.1) is 55.3 Å². The third-order valence-corrected chi connectivity index (χ3v) is 8.48. The van der Waals surface area contributed by atoms with Crippen LogP contribution in [-0.2, 0) is 32.3 Å². The number of imidazole rings is 1. The van der Waals surface area contributed by atoms with Gasteiger partial charge in [-0.05, 0) is 36.4 Å². The summed E-state index contributed by atoms with van der Waals surface area (Å²) in [6.45, 7) is 1.32. The molecule has 0 aliphatic carbocycles. The van der Waals surface area contributed by atoms with Crippen LogP contribution < -0.4 is 25.0 Å². The maximum absolute atomic E-state index is 13.1. The molecule has 1 atom stereocenters. The van der Waals surface area contributed by atoms with Crippen molar-refractivity contribution in [3.8, 4) is 11.8 Å². The SMILES string of the molecule is CNC(=O)[C@@H]1CN(CC(=O)NCC(=O)N(C)c2ccc(Cl)c(COc3cccc4c3nc(OC)n4Cc3ccccn3)c2Cl)CCO1. The Balaban J connectivity index is 1.24. The first-order chi connectivity index (χ1) is 22.7. The molecule has 1 aliphatic heterocycles. The molecule has 2 N–H and O–H groups in total. The molecule has 47 heavy (non-hydrogen) atoms. The Bertz CT molecular complexity index is 1750. The topological polar surface area (TPSA) is 140 Å². The number of hydrogen-bond donors (Lipinski definition) is 2. The molecule has 0 unspecified atom stereocenters. The predicted molar refractivity (Wildman–Crippen MR) is 177 cm³/mol. The first-order valence-electron chi connectivity index (χ1n) is 14.8. The molecule has 5 rings (SSSR count). The molecule has 1 fully saturated rings. The highest BCUT2D eigenvalue weighted by Gasteiger charge is 2.27. The van der Waals surface area contributed by atoms with Crippen LogP contribution in [0.2, 0.25) is 10.0 Å². The third kappa shape index (κ3) is 7.93. The molecule has 0 bridgehead atoms. The number of pyridine rings is 1. The van der Waals surface area contributed by atoms with Crippen molar-refractivity contribution in [2.45, 2.75) is 19.3 Å². The molecule has 248 valence electrons. The number of methoxy groups -OCH3 is 1. The number of carbonyl (C=O) groups is 3. The number of rotatable bonds is 12. The molecule has 2 aromatic heterocycles. The number of aromatic nitrogens is 3. The van der Waals surface area contributed by atoms with Crippen molar-refractivity contribution in [1.29, 1.82) is 0 Å². The molecule has 1 saturated heterocycles. The van der Waals surface area contributed by atoms with Gasteiger partial charge < -0.3 is 29.7 Å². The number of carbonyl (C=O) groups excluding carboxylic acids is 3. The minimum absolute atomic E-state index is 0.00456. The normalized spacial score (nSPS) is 14.9. The summed E-state index contributed by atoms with van der Waals surface area (Å²) in [4.78, 5) is 49.8. The van der Waals surface area contributed by atoms with Gasteiger partial charge in [0.15, 0.2) is 0 Å². The molecular weight excluding hydrogens is 649 g/mol. The number of nitrogens with one attached hydrogen (secondary N) is 2. The van der Waals surface area contributed by atoms with E-state index in [4.69, 9.17) is 37.4 Å². The van der Waals surface area contributed by atoms with Gasteiger partial charge in [0.1, 0.15) is 24.0 Å². The zero-order valence-electron chi connectivity index (χ0n) is 26.2. The van der Waals surface area contributed by atoms with Crippen molar-refractivity contribution < 1.29 is 28.6 Å². The number of anilines is 1. The van der Waals surface area contributed by atoms with Gasteiger partial charge in [0, 0.05) is 44.0 Å². The maximum atomic E-state index is 13.1. The quantitative estimate of drug-likeness (QED) is 0.231. The van der Waals surface area contributed by atoms with E-state index in [1.54, 1.807) is 43.5 Å². The second-order valence-electron chi connectivity index (χ2n) is 10.7. The van der Waals surface area contributed by atoms with Crippen LogP contribution in [0.25, 0.3) is 11.0 Å². The van der Waals surface area contributed by atoms with E-state index in [0.717, 1.165) is 11.2 Å². The lowest BCUT2D eigenvalue weighted by molar-refractivity contribution is -0.140. The Kier molecular flexibility index (Phi) is 11.1. The maximum Gasteiger partial charge on any atom is 0.297 e. The summed E-state index contributed by atoms with van der Waals surface area (Å²) < 4.78 is 19.1. The number of halogens is 2. The molecule has 2 aromatic carbocycles. The molecule has 0 radical (unpaired) electrons. The van der Waals surface area contributed by atoms with Crippen molar-refractivity contribution >= 4 is 57.6 Å². The molecule has 3 amide bonds. The Labute approximate surface area is 281 Å². The van der Waals surface area contributed by atoms with Crippen molar-refractivity contribution in [1.82, 2.24) is 30.1 Å².